The van der Waals surface area contributed by atoms with Crippen LogP contribution in [0.4, 0.5) is 5.69 Å². The van der Waals surface area contributed by atoms with Crippen LogP contribution in [0.3, 0.4) is 0 Å². The highest BCUT2D eigenvalue weighted by Crippen LogP contribution is 2.40. The van der Waals surface area contributed by atoms with Gasteiger partial charge in [0.25, 0.3) is 5.91 Å². The van der Waals surface area contributed by atoms with Crippen molar-refractivity contribution < 1.29 is 14.3 Å². The van der Waals surface area contributed by atoms with Gasteiger partial charge in [0.1, 0.15) is 21.2 Å². The fraction of sp³-hybridized carbons (Fsp3) is 0.0625. The minimum Gasteiger partial charge on any atom is -0.455 e. The lowest BCUT2D eigenvalue weighted by Crippen LogP contribution is -2.10. The van der Waals surface area contributed by atoms with Crippen molar-refractivity contribution in [1.29, 1.82) is 0 Å². The second-order valence-electron chi connectivity index (χ2n) is 5.00. The van der Waals surface area contributed by atoms with Crippen LogP contribution in [0.25, 0.3) is 10.2 Å². The number of amides is 1. The van der Waals surface area contributed by atoms with Crippen LogP contribution in [0.2, 0.25) is 5.02 Å². The number of pyridine rings is 1. The van der Waals surface area contributed by atoms with Crippen molar-refractivity contribution in [3.8, 4) is 11.5 Å². The van der Waals surface area contributed by atoms with E-state index in [-0.39, 0.29) is 21.4 Å². The van der Waals surface area contributed by atoms with Gasteiger partial charge in [0.05, 0.1) is 16.1 Å². The zero-order valence-electron chi connectivity index (χ0n) is 12.5. The Kier molecular flexibility index (Phi) is 4.13. The highest BCUT2D eigenvalue weighted by molar-refractivity contribution is 7.21. The van der Waals surface area contributed by atoms with Crippen LogP contribution >= 0.6 is 22.9 Å². The summed E-state index contributed by atoms with van der Waals surface area (Å²) in [5.41, 5.74) is 12.0. The van der Waals surface area contributed by atoms with E-state index in [1.807, 2.05) is 0 Å². The van der Waals surface area contributed by atoms with Crippen LogP contribution in [0.15, 0.2) is 30.5 Å². The van der Waals surface area contributed by atoms with Gasteiger partial charge in [-0.05, 0) is 31.2 Å². The van der Waals surface area contributed by atoms with Gasteiger partial charge in [-0.25, -0.2) is 4.98 Å². The van der Waals surface area contributed by atoms with E-state index in [9.17, 15) is 9.59 Å². The Hall–Kier alpha value is -2.64. The molecule has 0 fully saturated rings. The van der Waals surface area contributed by atoms with Crippen LogP contribution in [0.5, 0.6) is 11.5 Å². The summed E-state index contributed by atoms with van der Waals surface area (Å²) in [7, 11) is 0. The number of benzene rings is 1. The third kappa shape index (κ3) is 2.79. The number of nitrogens with zero attached hydrogens (tertiary/aromatic N) is 1. The minimum absolute atomic E-state index is 0.0945. The standard InChI is InChI=1S/C16H12ClN3O3S/c1-7(21)8-2-3-10(9(17)6-8)23-11-4-5-20-16-12(11)13(18)14(24-16)15(19)22/h2-6H,18H2,1H3,(H2,19,22). The zero-order valence-corrected chi connectivity index (χ0v) is 14.1. The first-order valence-electron chi connectivity index (χ1n) is 6.83. The number of ether oxygens (including phenoxy) is 1. The summed E-state index contributed by atoms with van der Waals surface area (Å²) in [6.45, 7) is 1.45. The second kappa shape index (κ2) is 6.10. The number of aromatic nitrogens is 1. The molecule has 0 aliphatic rings. The Balaban J connectivity index is 2.08. The van der Waals surface area contributed by atoms with Gasteiger partial charge < -0.3 is 16.2 Å². The lowest BCUT2D eigenvalue weighted by atomic mass is 10.1. The molecule has 1 amide bonds. The van der Waals surface area contributed by atoms with Gasteiger partial charge in [-0.15, -0.1) is 11.3 Å². The maximum Gasteiger partial charge on any atom is 0.260 e. The van der Waals surface area contributed by atoms with Crippen LogP contribution in [0, 0.1) is 0 Å². The molecule has 122 valence electrons. The van der Waals surface area contributed by atoms with E-state index in [4.69, 9.17) is 27.8 Å². The Morgan fingerprint density at radius 3 is 2.62 bits per heavy atom. The summed E-state index contributed by atoms with van der Waals surface area (Å²) in [5, 5.41) is 0.791. The SMILES string of the molecule is CC(=O)c1ccc(Oc2ccnc3sc(C(N)=O)c(N)c23)c(Cl)c1. The molecule has 0 atom stereocenters. The normalized spacial score (nSPS) is 10.8. The van der Waals surface area contributed by atoms with Crippen LogP contribution in [-0.2, 0) is 0 Å². The molecule has 1 aromatic carbocycles. The van der Waals surface area contributed by atoms with E-state index in [0.717, 1.165) is 11.3 Å². The van der Waals surface area contributed by atoms with Gasteiger partial charge >= 0.3 is 0 Å². The fourth-order valence-electron chi connectivity index (χ4n) is 2.21. The Labute approximate surface area is 146 Å². The summed E-state index contributed by atoms with van der Waals surface area (Å²) in [4.78, 5) is 27.8. The number of nitrogen functional groups attached to an aromatic ring is 1. The number of fused-ring (bicyclic) bond motifs is 1. The molecule has 0 aliphatic carbocycles. The highest BCUT2D eigenvalue weighted by atomic mass is 35.5. The van der Waals surface area contributed by atoms with Crippen molar-refractivity contribution >= 4 is 50.5 Å². The number of thiophene rings is 1. The molecule has 0 saturated carbocycles. The molecular weight excluding hydrogens is 350 g/mol. The largest absolute Gasteiger partial charge is 0.455 e. The average Bonchev–Trinajstić information content (AvgIpc) is 2.87. The summed E-state index contributed by atoms with van der Waals surface area (Å²) < 4.78 is 5.82. The van der Waals surface area contributed by atoms with Gasteiger partial charge in [-0.1, -0.05) is 11.6 Å². The molecular formula is C16H12ClN3O3S. The van der Waals surface area contributed by atoms with Crippen molar-refractivity contribution in [2.45, 2.75) is 6.92 Å². The topological polar surface area (TPSA) is 108 Å². The van der Waals surface area contributed by atoms with E-state index in [0.29, 0.717) is 27.3 Å². The molecule has 24 heavy (non-hydrogen) atoms. The smallest absolute Gasteiger partial charge is 0.260 e. The van der Waals surface area contributed by atoms with E-state index in [1.165, 1.54) is 19.2 Å². The molecule has 0 radical (unpaired) electrons. The van der Waals surface area contributed by atoms with Gasteiger partial charge in [-0.2, -0.15) is 0 Å². The molecule has 3 aromatic rings. The first kappa shape index (κ1) is 16.2. The number of anilines is 1. The number of primary amides is 1. The minimum atomic E-state index is -0.620. The van der Waals surface area contributed by atoms with E-state index in [1.54, 1.807) is 18.2 Å². The zero-order chi connectivity index (χ0) is 17.4. The van der Waals surface area contributed by atoms with Gasteiger partial charge in [0.2, 0.25) is 0 Å². The van der Waals surface area contributed by atoms with Crippen LogP contribution in [-0.4, -0.2) is 16.7 Å². The number of nitrogens with two attached hydrogens (primary N) is 2. The molecule has 0 unspecified atom stereocenters. The van der Waals surface area contributed by atoms with Crippen LogP contribution < -0.4 is 16.2 Å². The lowest BCUT2D eigenvalue weighted by molar-refractivity contribution is 0.0999. The molecule has 8 heteroatoms. The maximum atomic E-state index is 11.4. The predicted octanol–water partition coefficient (Wildman–Crippen LogP) is 3.63. The van der Waals surface area contributed by atoms with Crippen LogP contribution in [0.1, 0.15) is 27.0 Å². The molecule has 3 rings (SSSR count). The van der Waals surface area contributed by atoms with Crippen molar-refractivity contribution in [3.63, 3.8) is 0 Å². The second-order valence-corrected chi connectivity index (χ2v) is 6.41. The predicted molar refractivity (Wildman–Crippen MR) is 94.1 cm³/mol. The first-order chi connectivity index (χ1) is 11.4. The third-order valence-electron chi connectivity index (χ3n) is 3.37. The molecule has 6 nitrogen and oxygen atoms in total. The monoisotopic (exact) mass is 361 g/mol. The highest BCUT2D eigenvalue weighted by Gasteiger charge is 2.19. The lowest BCUT2D eigenvalue weighted by Gasteiger charge is -2.10. The summed E-state index contributed by atoms with van der Waals surface area (Å²) in [5.74, 6) is 0.0485. The average molecular weight is 362 g/mol. The number of rotatable bonds is 4. The number of hydrogen-bond acceptors (Lipinski definition) is 6. The Bertz CT molecular complexity index is 984. The van der Waals surface area contributed by atoms with Crippen molar-refractivity contribution in [2.75, 3.05) is 5.73 Å². The number of Topliss-reactive ketones (excluding diaryl/α,β-unsaturated/α-hetero) is 1. The number of halogens is 1. The molecule has 4 N–H and O–H groups in total. The number of hydrogen-bond donors (Lipinski definition) is 2. The molecule has 0 saturated heterocycles. The summed E-state index contributed by atoms with van der Waals surface area (Å²) in [6.07, 6.45) is 1.54. The van der Waals surface area contributed by atoms with Crippen molar-refractivity contribution in [1.82, 2.24) is 4.98 Å². The molecule has 0 bridgehead atoms. The van der Waals surface area contributed by atoms with E-state index < -0.39 is 5.91 Å². The summed E-state index contributed by atoms with van der Waals surface area (Å²) in [6, 6.07) is 6.37. The van der Waals surface area contributed by atoms with Crippen molar-refractivity contribution in [3.05, 3.63) is 45.9 Å². The van der Waals surface area contributed by atoms with Gasteiger partial charge in [-0.3, -0.25) is 9.59 Å². The first-order valence-corrected chi connectivity index (χ1v) is 8.03. The number of carbonyl (C=O) groups is 2. The third-order valence-corrected chi connectivity index (χ3v) is 4.80. The maximum absolute atomic E-state index is 11.4. The van der Waals surface area contributed by atoms with E-state index >= 15 is 0 Å². The Morgan fingerprint density at radius 2 is 2.00 bits per heavy atom. The summed E-state index contributed by atoms with van der Waals surface area (Å²) >= 11 is 7.27. The quantitative estimate of drug-likeness (QED) is 0.690. The Morgan fingerprint density at radius 1 is 1.25 bits per heavy atom. The van der Waals surface area contributed by atoms with Gasteiger partial charge in [0, 0.05) is 11.8 Å². The molecule has 0 spiro atoms. The van der Waals surface area contributed by atoms with Crippen molar-refractivity contribution in [2.24, 2.45) is 5.73 Å². The molecule has 0 aliphatic heterocycles. The van der Waals surface area contributed by atoms with Gasteiger partial charge in [0.15, 0.2) is 5.78 Å². The molecule has 2 heterocycles. The number of carbonyl (C=O) groups excluding carboxylic acids is 2. The fourth-order valence-corrected chi connectivity index (χ4v) is 3.36. The van der Waals surface area contributed by atoms with E-state index in [2.05, 4.69) is 4.98 Å². The number of ketones is 1. The molecule has 2 aromatic heterocycles.